The zero-order valence-corrected chi connectivity index (χ0v) is 17.4. The summed E-state index contributed by atoms with van der Waals surface area (Å²) in [5, 5.41) is 8.72. The van der Waals surface area contributed by atoms with Crippen molar-refractivity contribution < 1.29 is 9.59 Å². The lowest BCUT2D eigenvalue weighted by atomic mass is 10.1. The zero-order chi connectivity index (χ0) is 20.5. The lowest BCUT2D eigenvalue weighted by molar-refractivity contribution is -0.119. The molecule has 6 heteroatoms. The number of carbonyl (C=O) groups excluding carboxylic acids is 2. The number of carbonyl (C=O) groups is 2. The number of hydrogen-bond donors (Lipinski definition) is 3. The number of thiocarbonyl (C=S) groups is 1. The molecule has 148 valence electrons. The van der Waals surface area contributed by atoms with Crippen LogP contribution in [-0.4, -0.2) is 16.9 Å². The minimum absolute atomic E-state index is 0.122. The van der Waals surface area contributed by atoms with Crippen molar-refractivity contribution in [3.05, 3.63) is 59.2 Å². The number of hydrogen-bond acceptors (Lipinski definition) is 3. The summed E-state index contributed by atoms with van der Waals surface area (Å²) in [5.41, 5.74) is 4.00. The molecule has 2 aromatic rings. The van der Waals surface area contributed by atoms with Crippen LogP contribution in [0.4, 0.5) is 11.4 Å². The third-order valence-electron chi connectivity index (χ3n) is 4.45. The van der Waals surface area contributed by atoms with Gasteiger partial charge in [-0.05, 0) is 67.9 Å². The van der Waals surface area contributed by atoms with E-state index in [1.165, 1.54) is 5.56 Å². The molecule has 0 spiro atoms. The van der Waals surface area contributed by atoms with Crippen molar-refractivity contribution in [2.24, 2.45) is 0 Å². The molecule has 0 aliphatic carbocycles. The second-order valence-corrected chi connectivity index (χ2v) is 7.17. The van der Waals surface area contributed by atoms with E-state index in [2.05, 4.69) is 22.9 Å². The Balaban J connectivity index is 2.03. The third kappa shape index (κ3) is 6.46. The van der Waals surface area contributed by atoms with E-state index < -0.39 is 0 Å². The number of para-hydroxylation sites is 1. The Hall–Kier alpha value is -2.73. The molecule has 2 rings (SSSR count). The Morgan fingerprint density at radius 1 is 0.964 bits per heavy atom. The van der Waals surface area contributed by atoms with Crippen LogP contribution >= 0.6 is 12.2 Å². The molecule has 2 amide bonds. The van der Waals surface area contributed by atoms with Gasteiger partial charge in [0, 0.05) is 12.1 Å². The number of amides is 2. The predicted octanol–water partition coefficient (Wildman–Crippen LogP) is 4.95. The molecule has 0 aliphatic heterocycles. The summed E-state index contributed by atoms with van der Waals surface area (Å²) in [7, 11) is 0. The second-order valence-electron chi connectivity index (χ2n) is 6.76. The van der Waals surface area contributed by atoms with Crippen molar-refractivity contribution in [3.63, 3.8) is 0 Å². The molecule has 0 fully saturated rings. The molecular weight excluding hydrogens is 370 g/mol. The van der Waals surface area contributed by atoms with Crippen molar-refractivity contribution in [1.82, 2.24) is 5.32 Å². The summed E-state index contributed by atoms with van der Waals surface area (Å²) in [6.45, 7) is 6.11. The van der Waals surface area contributed by atoms with Gasteiger partial charge in [-0.25, -0.2) is 0 Å². The Morgan fingerprint density at radius 2 is 1.71 bits per heavy atom. The highest BCUT2D eigenvalue weighted by Gasteiger charge is 2.13. The van der Waals surface area contributed by atoms with E-state index in [1.807, 2.05) is 32.0 Å². The first kappa shape index (κ1) is 21.6. The fourth-order valence-corrected chi connectivity index (χ4v) is 2.91. The van der Waals surface area contributed by atoms with Crippen LogP contribution in [0.2, 0.25) is 0 Å². The van der Waals surface area contributed by atoms with Gasteiger partial charge in [0.1, 0.15) is 0 Å². The first-order chi connectivity index (χ1) is 13.4. The maximum absolute atomic E-state index is 12.7. The summed E-state index contributed by atoms with van der Waals surface area (Å²) in [6, 6.07) is 12.8. The fraction of sp³-hybridized carbons (Fsp3) is 0.318. The van der Waals surface area contributed by atoms with Crippen molar-refractivity contribution >= 4 is 40.5 Å². The summed E-state index contributed by atoms with van der Waals surface area (Å²) in [5.74, 6) is -0.369. The van der Waals surface area contributed by atoms with Crippen molar-refractivity contribution in [3.8, 4) is 0 Å². The predicted molar refractivity (Wildman–Crippen MR) is 119 cm³/mol. The molecule has 3 N–H and O–H groups in total. The van der Waals surface area contributed by atoms with E-state index in [0.29, 0.717) is 17.7 Å². The normalized spacial score (nSPS) is 10.2. The molecule has 2 aromatic carbocycles. The molecule has 0 aromatic heterocycles. The highest BCUT2D eigenvalue weighted by molar-refractivity contribution is 7.80. The van der Waals surface area contributed by atoms with Gasteiger partial charge in [-0.1, -0.05) is 38.0 Å². The van der Waals surface area contributed by atoms with Crippen molar-refractivity contribution in [2.45, 2.75) is 46.5 Å². The molecule has 0 heterocycles. The maximum atomic E-state index is 12.7. The molecule has 0 saturated heterocycles. The first-order valence-electron chi connectivity index (χ1n) is 9.49. The Labute approximate surface area is 171 Å². The summed E-state index contributed by atoms with van der Waals surface area (Å²) >= 11 is 5.22. The maximum Gasteiger partial charge on any atom is 0.257 e. The largest absolute Gasteiger partial charge is 0.332 e. The van der Waals surface area contributed by atoms with Gasteiger partial charge in [0.25, 0.3) is 5.91 Å². The SMILES string of the molecule is CCCCCC(=O)NC(=S)Nc1ccccc1C(=O)Nc1ccc(C)c(C)c1. The van der Waals surface area contributed by atoms with Crippen LogP contribution in [0.25, 0.3) is 0 Å². The van der Waals surface area contributed by atoms with E-state index in [-0.39, 0.29) is 16.9 Å². The second kappa shape index (κ2) is 10.6. The molecule has 0 unspecified atom stereocenters. The van der Waals surface area contributed by atoms with Crippen LogP contribution in [0.5, 0.6) is 0 Å². The van der Waals surface area contributed by atoms with Gasteiger partial charge in [0.15, 0.2) is 5.11 Å². The van der Waals surface area contributed by atoms with Crippen molar-refractivity contribution in [1.29, 1.82) is 0 Å². The molecule has 0 saturated carbocycles. The molecular formula is C22H27N3O2S. The van der Waals surface area contributed by atoms with Gasteiger partial charge < -0.3 is 16.0 Å². The molecule has 0 atom stereocenters. The summed E-state index contributed by atoms with van der Waals surface area (Å²) in [4.78, 5) is 24.6. The number of anilines is 2. The fourth-order valence-electron chi connectivity index (χ4n) is 2.69. The monoisotopic (exact) mass is 397 g/mol. The number of benzene rings is 2. The number of aryl methyl sites for hydroxylation is 2. The van der Waals surface area contributed by atoms with Crippen LogP contribution in [0.15, 0.2) is 42.5 Å². The van der Waals surface area contributed by atoms with Crippen LogP contribution in [0.3, 0.4) is 0 Å². The van der Waals surface area contributed by atoms with Gasteiger partial charge in [0.05, 0.1) is 11.3 Å². The molecule has 0 bridgehead atoms. The smallest absolute Gasteiger partial charge is 0.257 e. The topological polar surface area (TPSA) is 70.2 Å². The van der Waals surface area contributed by atoms with Gasteiger partial charge in [-0.2, -0.15) is 0 Å². The average Bonchev–Trinajstić information content (AvgIpc) is 2.65. The van der Waals surface area contributed by atoms with E-state index in [9.17, 15) is 9.59 Å². The molecule has 5 nitrogen and oxygen atoms in total. The molecule has 0 radical (unpaired) electrons. The van der Waals surface area contributed by atoms with Crippen LogP contribution < -0.4 is 16.0 Å². The first-order valence-corrected chi connectivity index (χ1v) is 9.90. The Bertz CT molecular complexity index is 865. The lowest BCUT2D eigenvalue weighted by Gasteiger charge is -2.14. The zero-order valence-electron chi connectivity index (χ0n) is 16.6. The lowest BCUT2D eigenvalue weighted by Crippen LogP contribution is -2.34. The van der Waals surface area contributed by atoms with E-state index >= 15 is 0 Å². The van der Waals surface area contributed by atoms with Gasteiger partial charge in [-0.3, -0.25) is 9.59 Å². The summed E-state index contributed by atoms with van der Waals surface area (Å²) < 4.78 is 0. The van der Waals surface area contributed by atoms with Crippen LogP contribution in [-0.2, 0) is 4.79 Å². The quantitative estimate of drug-likeness (QED) is 0.457. The minimum atomic E-state index is -0.247. The standard InChI is InChI=1S/C22H27N3O2S/c1-4-5-6-11-20(26)25-22(28)24-19-10-8-7-9-18(19)21(27)23-17-13-12-15(2)16(3)14-17/h7-10,12-14H,4-6,11H2,1-3H3,(H,23,27)(H2,24,25,26,28). The van der Waals surface area contributed by atoms with Gasteiger partial charge in [-0.15, -0.1) is 0 Å². The van der Waals surface area contributed by atoms with E-state index in [1.54, 1.807) is 24.3 Å². The van der Waals surface area contributed by atoms with E-state index in [4.69, 9.17) is 12.2 Å². The summed E-state index contributed by atoms with van der Waals surface area (Å²) in [6.07, 6.45) is 3.33. The molecule has 0 aliphatic rings. The van der Waals surface area contributed by atoms with Crippen molar-refractivity contribution in [2.75, 3.05) is 10.6 Å². The number of unbranched alkanes of at least 4 members (excludes halogenated alkanes) is 2. The number of nitrogens with one attached hydrogen (secondary N) is 3. The van der Waals surface area contributed by atoms with Gasteiger partial charge in [0.2, 0.25) is 5.91 Å². The molecule has 28 heavy (non-hydrogen) atoms. The average molecular weight is 398 g/mol. The number of rotatable bonds is 7. The Kier molecular flexibility index (Phi) is 8.14. The van der Waals surface area contributed by atoms with Crippen LogP contribution in [0, 0.1) is 13.8 Å². The Morgan fingerprint density at radius 3 is 2.43 bits per heavy atom. The van der Waals surface area contributed by atoms with Gasteiger partial charge >= 0.3 is 0 Å². The highest BCUT2D eigenvalue weighted by Crippen LogP contribution is 2.19. The minimum Gasteiger partial charge on any atom is -0.332 e. The highest BCUT2D eigenvalue weighted by atomic mass is 32.1. The van der Waals surface area contributed by atoms with E-state index in [0.717, 1.165) is 30.5 Å². The van der Waals surface area contributed by atoms with Crippen LogP contribution in [0.1, 0.15) is 54.1 Å². The third-order valence-corrected chi connectivity index (χ3v) is 4.65.